The molecule has 1 atom stereocenters. The molecule has 1 heterocycles. The van der Waals surface area contributed by atoms with Crippen LogP contribution < -0.4 is 5.32 Å². The summed E-state index contributed by atoms with van der Waals surface area (Å²) in [6.45, 7) is 0.203. The van der Waals surface area contributed by atoms with Crippen molar-refractivity contribution in [2.24, 2.45) is 0 Å². The minimum atomic E-state index is -2.05. The molecule has 0 unspecified atom stereocenters. The van der Waals surface area contributed by atoms with E-state index in [0.29, 0.717) is 30.5 Å². The van der Waals surface area contributed by atoms with Gasteiger partial charge in [0, 0.05) is 0 Å². The van der Waals surface area contributed by atoms with Gasteiger partial charge in [-0.25, -0.2) is 0 Å². The van der Waals surface area contributed by atoms with Crippen molar-refractivity contribution in [3.8, 4) is 0 Å². The van der Waals surface area contributed by atoms with Crippen LogP contribution in [0.2, 0.25) is 0 Å². The molecule has 0 spiro atoms. The van der Waals surface area contributed by atoms with Crippen molar-refractivity contribution in [3.63, 3.8) is 0 Å². The molecular weight excluding hydrogens is 360 g/mol. The first-order valence-corrected chi connectivity index (χ1v) is 9.07. The molecule has 0 aliphatic carbocycles. The number of carboxylic acids is 1. The van der Waals surface area contributed by atoms with Crippen molar-refractivity contribution in [3.05, 3.63) is 71.8 Å². The molecule has 2 amide bonds. The summed E-state index contributed by atoms with van der Waals surface area (Å²) in [6, 6.07) is 16.1. The largest absolute Gasteiger partial charge is 0.480 e. The molecule has 0 saturated carbocycles. The monoisotopic (exact) mass is 382 g/mol. The van der Waals surface area contributed by atoms with E-state index in [2.05, 4.69) is 5.32 Å². The van der Waals surface area contributed by atoms with Crippen molar-refractivity contribution in [1.29, 1.82) is 0 Å². The molecule has 1 aliphatic rings. The molecular formula is C21H22N2O5. The summed E-state index contributed by atoms with van der Waals surface area (Å²) in [4.78, 5) is 38.2. The van der Waals surface area contributed by atoms with Gasteiger partial charge in [0.1, 0.15) is 0 Å². The van der Waals surface area contributed by atoms with Crippen molar-refractivity contribution in [2.75, 3.05) is 13.1 Å². The second kappa shape index (κ2) is 8.33. The third kappa shape index (κ3) is 3.95. The highest BCUT2D eigenvalue weighted by atomic mass is 16.4. The number of benzene rings is 2. The Morgan fingerprint density at radius 1 is 1.00 bits per heavy atom. The Bertz CT molecular complexity index is 814. The van der Waals surface area contributed by atoms with Gasteiger partial charge in [0.05, 0.1) is 12.6 Å². The van der Waals surface area contributed by atoms with E-state index in [4.69, 9.17) is 5.11 Å². The van der Waals surface area contributed by atoms with E-state index in [-0.39, 0.29) is 6.54 Å². The molecule has 28 heavy (non-hydrogen) atoms. The quantitative estimate of drug-likeness (QED) is 0.691. The SMILES string of the molecule is O=C(O)CN1CCC[C@H]1C(=O)NC(=O)C(O)(c1ccccc1)c1ccccc1. The van der Waals surface area contributed by atoms with E-state index in [1.54, 1.807) is 60.7 Å². The van der Waals surface area contributed by atoms with Gasteiger partial charge in [-0.2, -0.15) is 0 Å². The lowest BCUT2D eigenvalue weighted by molar-refractivity contribution is -0.143. The summed E-state index contributed by atoms with van der Waals surface area (Å²) >= 11 is 0. The van der Waals surface area contributed by atoms with Gasteiger partial charge in [-0.1, -0.05) is 60.7 Å². The number of carbonyl (C=O) groups excluding carboxylic acids is 2. The highest BCUT2D eigenvalue weighted by Crippen LogP contribution is 2.30. The number of aliphatic hydroxyl groups is 1. The molecule has 1 fully saturated rings. The zero-order chi connectivity index (χ0) is 20.1. The first-order valence-electron chi connectivity index (χ1n) is 9.07. The number of carbonyl (C=O) groups is 3. The Morgan fingerprint density at radius 3 is 2.04 bits per heavy atom. The topological polar surface area (TPSA) is 107 Å². The number of nitrogens with zero attached hydrogens (tertiary/aromatic N) is 1. The van der Waals surface area contributed by atoms with Crippen molar-refractivity contribution in [1.82, 2.24) is 10.2 Å². The molecule has 1 saturated heterocycles. The van der Waals surface area contributed by atoms with Crippen LogP contribution in [0.15, 0.2) is 60.7 Å². The molecule has 0 aromatic heterocycles. The summed E-state index contributed by atoms with van der Waals surface area (Å²) in [6.07, 6.45) is 1.13. The van der Waals surface area contributed by atoms with Gasteiger partial charge < -0.3 is 10.2 Å². The van der Waals surface area contributed by atoms with E-state index in [1.807, 2.05) is 0 Å². The number of likely N-dealkylation sites (tertiary alicyclic amines) is 1. The molecule has 7 nitrogen and oxygen atoms in total. The van der Waals surface area contributed by atoms with E-state index in [0.717, 1.165) is 0 Å². The minimum absolute atomic E-state index is 0.270. The van der Waals surface area contributed by atoms with Crippen LogP contribution in [0.25, 0.3) is 0 Å². The molecule has 2 aromatic rings. The molecule has 3 rings (SSSR count). The second-order valence-electron chi connectivity index (χ2n) is 6.78. The van der Waals surface area contributed by atoms with Crippen LogP contribution in [0.5, 0.6) is 0 Å². The fraction of sp³-hybridized carbons (Fsp3) is 0.286. The van der Waals surface area contributed by atoms with Crippen LogP contribution in [0, 0.1) is 0 Å². The van der Waals surface area contributed by atoms with E-state index in [1.165, 1.54) is 4.90 Å². The predicted molar refractivity (Wildman–Crippen MR) is 101 cm³/mol. The molecule has 0 radical (unpaired) electrons. The highest BCUT2D eigenvalue weighted by Gasteiger charge is 2.42. The van der Waals surface area contributed by atoms with Crippen LogP contribution in [0.4, 0.5) is 0 Å². The molecule has 146 valence electrons. The smallest absolute Gasteiger partial charge is 0.317 e. The van der Waals surface area contributed by atoms with Crippen molar-refractivity contribution < 1.29 is 24.6 Å². The summed E-state index contributed by atoms with van der Waals surface area (Å²) in [5.74, 6) is -2.50. The predicted octanol–water partition coefficient (Wildman–Crippen LogP) is 1.11. The van der Waals surface area contributed by atoms with E-state index < -0.39 is 29.4 Å². The zero-order valence-corrected chi connectivity index (χ0v) is 15.2. The summed E-state index contributed by atoms with van der Waals surface area (Å²) < 4.78 is 0. The third-order valence-electron chi connectivity index (χ3n) is 4.95. The number of hydrogen-bond acceptors (Lipinski definition) is 5. The van der Waals surface area contributed by atoms with Crippen LogP contribution in [-0.2, 0) is 20.0 Å². The first kappa shape index (κ1) is 19.7. The second-order valence-corrected chi connectivity index (χ2v) is 6.78. The maximum absolute atomic E-state index is 13.0. The van der Waals surface area contributed by atoms with Gasteiger partial charge in [-0.05, 0) is 30.5 Å². The molecule has 7 heteroatoms. The number of amides is 2. The standard InChI is InChI=1S/C21H22N2O5/c24-18(25)14-23-13-7-12-17(23)19(26)22-20(27)21(28,15-8-3-1-4-9-15)16-10-5-2-6-11-16/h1-6,8-11,17,28H,7,12-14H2,(H,24,25)(H,22,26,27)/t17-/m0/s1. The Hall–Kier alpha value is -3.03. The fourth-order valence-corrected chi connectivity index (χ4v) is 3.56. The lowest BCUT2D eigenvalue weighted by Crippen LogP contribution is -2.53. The third-order valence-corrected chi connectivity index (χ3v) is 4.95. The number of aliphatic carboxylic acids is 1. The van der Waals surface area contributed by atoms with E-state index in [9.17, 15) is 19.5 Å². The Labute approximate surface area is 162 Å². The summed E-state index contributed by atoms with van der Waals surface area (Å²) in [7, 11) is 0. The fourth-order valence-electron chi connectivity index (χ4n) is 3.56. The summed E-state index contributed by atoms with van der Waals surface area (Å²) in [5.41, 5.74) is -1.38. The highest BCUT2D eigenvalue weighted by molar-refractivity contribution is 6.03. The number of carboxylic acid groups (broad SMARTS) is 1. The molecule has 1 aliphatic heterocycles. The van der Waals surface area contributed by atoms with Gasteiger partial charge in [0.2, 0.25) is 5.91 Å². The average Bonchev–Trinajstić information content (AvgIpc) is 3.16. The van der Waals surface area contributed by atoms with Crippen LogP contribution in [0.1, 0.15) is 24.0 Å². The number of hydrogen-bond donors (Lipinski definition) is 3. The van der Waals surface area contributed by atoms with Gasteiger partial charge in [-0.15, -0.1) is 0 Å². The maximum atomic E-state index is 13.0. The molecule has 3 N–H and O–H groups in total. The Balaban J connectivity index is 1.86. The normalized spacial score (nSPS) is 17.2. The first-order chi connectivity index (χ1) is 13.4. The van der Waals surface area contributed by atoms with Crippen LogP contribution in [0.3, 0.4) is 0 Å². The number of imide groups is 1. The number of nitrogens with one attached hydrogen (secondary N) is 1. The molecule has 0 bridgehead atoms. The van der Waals surface area contributed by atoms with Gasteiger partial charge in [0.25, 0.3) is 5.91 Å². The van der Waals surface area contributed by atoms with Gasteiger partial charge >= 0.3 is 5.97 Å². The van der Waals surface area contributed by atoms with Gasteiger partial charge in [0.15, 0.2) is 5.60 Å². The van der Waals surface area contributed by atoms with Crippen LogP contribution in [-0.4, -0.2) is 52.0 Å². The zero-order valence-electron chi connectivity index (χ0n) is 15.2. The van der Waals surface area contributed by atoms with Crippen LogP contribution >= 0.6 is 0 Å². The number of rotatable bonds is 6. The van der Waals surface area contributed by atoms with Crippen molar-refractivity contribution >= 4 is 17.8 Å². The maximum Gasteiger partial charge on any atom is 0.317 e. The minimum Gasteiger partial charge on any atom is -0.480 e. The average molecular weight is 382 g/mol. The van der Waals surface area contributed by atoms with Gasteiger partial charge in [-0.3, -0.25) is 24.6 Å². The molecule has 2 aromatic carbocycles. The lowest BCUT2D eigenvalue weighted by atomic mass is 9.85. The van der Waals surface area contributed by atoms with E-state index >= 15 is 0 Å². The Morgan fingerprint density at radius 2 is 1.54 bits per heavy atom. The summed E-state index contributed by atoms with van der Waals surface area (Å²) in [5, 5.41) is 22.7. The van der Waals surface area contributed by atoms with Crippen molar-refractivity contribution in [2.45, 2.75) is 24.5 Å². The lowest BCUT2D eigenvalue weighted by Gasteiger charge is -2.29. The Kier molecular flexibility index (Phi) is 5.87.